The van der Waals surface area contributed by atoms with Crippen LogP contribution in [0.2, 0.25) is 0 Å². The fourth-order valence-corrected chi connectivity index (χ4v) is 3.04. The Morgan fingerprint density at radius 2 is 1.91 bits per heavy atom. The van der Waals surface area contributed by atoms with Crippen LogP contribution >= 0.6 is 11.8 Å². The van der Waals surface area contributed by atoms with Crippen molar-refractivity contribution < 1.29 is 19.1 Å². The van der Waals surface area contributed by atoms with Gasteiger partial charge in [0.25, 0.3) is 11.1 Å². The Kier molecular flexibility index (Phi) is 4.16. The van der Waals surface area contributed by atoms with Gasteiger partial charge in [-0.1, -0.05) is 30.3 Å². The third kappa shape index (κ3) is 3.27. The SMILES string of the molecule is O=C1S/C(=C/c2cccc(O)c2)C(=O)N1Cc1ccccc1F. The lowest BCUT2D eigenvalue weighted by molar-refractivity contribution is -0.123. The zero-order chi connectivity index (χ0) is 16.4. The highest BCUT2D eigenvalue weighted by Crippen LogP contribution is 2.33. The number of carbonyl (C=O) groups is 2. The van der Waals surface area contributed by atoms with Crippen LogP contribution in [0.1, 0.15) is 11.1 Å². The first-order valence-corrected chi connectivity index (χ1v) is 7.64. The van der Waals surface area contributed by atoms with Crippen molar-refractivity contribution in [2.75, 3.05) is 0 Å². The van der Waals surface area contributed by atoms with Gasteiger partial charge in [-0.05, 0) is 41.6 Å². The molecule has 0 radical (unpaired) electrons. The summed E-state index contributed by atoms with van der Waals surface area (Å²) in [4.78, 5) is 25.6. The zero-order valence-corrected chi connectivity index (χ0v) is 12.7. The van der Waals surface area contributed by atoms with E-state index in [-0.39, 0.29) is 22.8 Å². The lowest BCUT2D eigenvalue weighted by Gasteiger charge is -2.12. The molecular weight excluding hydrogens is 317 g/mol. The summed E-state index contributed by atoms with van der Waals surface area (Å²) in [6.07, 6.45) is 1.53. The third-order valence-electron chi connectivity index (χ3n) is 3.33. The van der Waals surface area contributed by atoms with Crippen LogP contribution < -0.4 is 0 Å². The molecule has 6 heteroatoms. The number of aromatic hydroxyl groups is 1. The van der Waals surface area contributed by atoms with E-state index in [1.54, 1.807) is 24.3 Å². The molecule has 0 saturated carbocycles. The van der Waals surface area contributed by atoms with E-state index in [1.807, 2.05) is 0 Å². The number of thioether (sulfide) groups is 1. The highest BCUT2D eigenvalue weighted by Gasteiger charge is 2.35. The van der Waals surface area contributed by atoms with Crippen LogP contribution in [-0.2, 0) is 11.3 Å². The number of amides is 2. The summed E-state index contributed by atoms with van der Waals surface area (Å²) in [6.45, 7) is -0.102. The van der Waals surface area contributed by atoms with E-state index < -0.39 is 17.0 Å². The second-order valence-corrected chi connectivity index (χ2v) is 5.95. The fraction of sp³-hybridized carbons (Fsp3) is 0.0588. The molecule has 23 heavy (non-hydrogen) atoms. The molecular formula is C17H12FNO3S. The first-order chi connectivity index (χ1) is 11.0. The molecule has 3 rings (SSSR count). The van der Waals surface area contributed by atoms with Crippen LogP contribution in [0.25, 0.3) is 6.08 Å². The van der Waals surface area contributed by atoms with Crippen molar-refractivity contribution in [3.8, 4) is 5.75 Å². The molecule has 1 saturated heterocycles. The van der Waals surface area contributed by atoms with Crippen molar-refractivity contribution in [3.63, 3.8) is 0 Å². The van der Waals surface area contributed by atoms with Gasteiger partial charge in [0.15, 0.2) is 0 Å². The smallest absolute Gasteiger partial charge is 0.293 e. The van der Waals surface area contributed by atoms with Crippen LogP contribution in [-0.4, -0.2) is 21.2 Å². The van der Waals surface area contributed by atoms with E-state index in [1.165, 1.54) is 30.3 Å². The van der Waals surface area contributed by atoms with Gasteiger partial charge in [0.2, 0.25) is 0 Å². The molecule has 2 aromatic carbocycles. The first-order valence-electron chi connectivity index (χ1n) is 6.82. The van der Waals surface area contributed by atoms with Crippen molar-refractivity contribution in [2.45, 2.75) is 6.54 Å². The molecule has 0 spiro atoms. The Hall–Kier alpha value is -2.60. The number of rotatable bonds is 3. The number of nitrogens with zero attached hydrogens (tertiary/aromatic N) is 1. The average Bonchev–Trinajstić information content (AvgIpc) is 2.77. The van der Waals surface area contributed by atoms with E-state index in [0.717, 1.165) is 16.7 Å². The summed E-state index contributed by atoms with van der Waals surface area (Å²) in [5.74, 6) is -0.848. The van der Waals surface area contributed by atoms with Crippen molar-refractivity contribution >= 4 is 29.0 Å². The van der Waals surface area contributed by atoms with Crippen molar-refractivity contribution in [1.82, 2.24) is 4.90 Å². The molecule has 1 fully saturated rings. The quantitative estimate of drug-likeness (QED) is 0.871. The number of halogens is 1. The minimum Gasteiger partial charge on any atom is -0.508 e. The lowest BCUT2D eigenvalue weighted by Crippen LogP contribution is -2.27. The number of benzene rings is 2. The van der Waals surface area contributed by atoms with Gasteiger partial charge < -0.3 is 5.11 Å². The monoisotopic (exact) mass is 329 g/mol. The molecule has 2 amide bonds. The minimum atomic E-state index is -0.466. The number of hydrogen-bond donors (Lipinski definition) is 1. The van der Waals surface area contributed by atoms with Crippen molar-refractivity contribution in [3.05, 3.63) is 70.4 Å². The van der Waals surface area contributed by atoms with E-state index in [2.05, 4.69) is 0 Å². The van der Waals surface area contributed by atoms with Gasteiger partial charge >= 0.3 is 0 Å². The molecule has 0 unspecified atom stereocenters. The molecule has 1 N–H and O–H groups in total. The Morgan fingerprint density at radius 3 is 2.65 bits per heavy atom. The summed E-state index contributed by atoms with van der Waals surface area (Å²) in [5.41, 5.74) is 0.898. The largest absolute Gasteiger partial charge is 0.508 e. The van der Waals surface area contributed by atoms with Crippen molar-refractivity contribution in [1.29, 1.82) is 0 Å². The van der Waals surface area contributed by atoms with Gasteiger partial charge in [-0.15, -0.1) is 0 Å². The maximum atomic E-state index is 13.7. The second kappa shape index (κ2) is 6.26. The van der Waals surface area contributed by atoms with Crippen LogP contribution in [0, 0.1) is 5.82 Å². The Bertz CT molecular complexity index is 819. The van der Waals surface area contributed by atoms with Gasteiger partial charge in [0, 0.05) is 5.56 Å². The molecule has 116 valence electrons. The summed E-state index contributed by atoms with van der Waals surface area (Å²) in [6, 6.07) is 12.4. The number of carbonyl (C=O) groups excluding carboxylic acids is 2. The van der Waals surface area contributed by atoms with Gasteiger partial charge in [0.05, 0.1) is 11.4 Å². The Labute approximate surface area is 136 Å². The lowest BCUT2D eigenvalue weighted by atomic mass is 10.2. The fourth-order valence-electron chi connectivity index (χ4n) is 2.20. The van der Waals surface area contributed by atoms with Gasteiger partial charge in [0.1, 0.15) is 11.6 Å². The zero-order valence-electron chi connectivity index (χ0n) is 11.9. The van der Waals surface area contributed by atoms with E-state index >= 15 is 0 Å². The predicted octanol–water partition coefficient (Wildman–Crippen LogP) is 3.77. The Morgan fingerprint density at radius 1 is 1.13 bits per heavy atom. The van der Waals surface area contributed by atoms with Gasteiger partial charge in [-0.3, -0.25) is 14.5 Å². The molecule has 1 aliphatic rings. The first kappa shape index (κ1) is 15.3. The van der Waals surface area contributed by atoms with Crippen LogP contribution in [0.3, 0.4) is 0 Å². The molecule has 4 nitrogen and oxygen atoms in total. The molecule has 0 bridgehead atoms. The number of imide groups is 1. The van der Waals surface area contributed by atoms with Gasteiger partial charge in [-0.2, -0.15) is 0 Å². The summed E-state index contributed by atoms with van der Waals surface area (Å²) >= 11 is 0.802. The standard InChI is InChI=1S/C17H12FNO3S/c18-14-7-2-1-5-12(14)10-19-16(21)15(23-17(19)22)9-11-4-3-6-13(20)8-11/h1-9,20H,10H2/b15-9+. The number of hydrogen-bond acceptors (Lipinski definition) is 4. The van der Waals surface area contributed by atoms with E-state index in [4.69, 9.17) is 0 Å². The molecule has 0 aliphatic carbocycles. The highest BCUT2D eigenvalue weighted by atomic mass is 32.2. The summed E-state index contributed by atoms with van der Waals surface area (Å²) in [7, 11) is 0. The van der Waals surface area contributed by atoms with Crippen LogP contribution in [0.4, 0.5) is 9.18 Å². The summed E-state index contributed by atoms with van der Waals surface area (Å²) in [5, 5.41) is 9.00. The van der Waals surface area contributed by atoms with Crippen LogP contribution in [0.15, 0.2) is 53.4 Å². The maximum Gasteiger partial charge on any atom is 0.293 e. The third-order valence-corrected chi connectivity index (χ3v) is 4.24. The van der Waals surface area contributed by atoms with Crippen molar-refractivity contribution in [2.24, 2.45) is 0 Å². The summed E-state index contributed by atoms with van der Waals surface area (Å²) < 4.78 is 13.7. The number of phenols is 1. The highest BCUT2D eigenvalue weighted by molar-refractivity contribution is 8.18. The molecule has 1 aliphatic heterocycles. The second-order valence-electron chi connectivity index (χ2n) is 4.95. The van der Waals surface area contributed by atoms with Gasteiger partial charge in [-0.25, -0.2) is 4.39 Å². The van der Waals surface area contributed by atoms with E-state index in [9.17, 15) is 19.1 Å². The van der Waals surface area contributed by atoms with E-state index in [0.29, 0.717) is 5.56 Å². The number of phenolic OH excluding ortho intramolecular Hbond substituents is 1. The maximum absolute atomic E-state index is 13.7. The topological polar surface area (TPSA) is 57.6 Å². The molecule has 0 atom stereocenters. The molecule has 2 aromatic rings. The Balaban J connectivity index is 1.84. The normalized spacial score (nSPS) is 16.4. The molecule has 1 heterocycles. The average molecular weight is 329 g/mol. The minimum absolute atomic E-state index is 0.0735. The predicted molar refractivity (Wildman–Crippen MR) is 86.0 cm³/mol. The molecule has 0 aromatic heterocycles. The van der Waals surface area contributed by atoms with Crippen LogP contribution in [0.5, 0.6) is 5.75 Å².